The first kappa shape index (κ1) is 9.03. The van der Waals surface area contributed by atoms with Crippen molar-refractivity contribution in [3.05, 3.63) is 47.1 Å². The first-order valence-corrected chi connectivity index (χ1v) is 6.91. The molecule has 2 heteroatoms. The summed E-state index contributed by atoms with van der Waals surface area (Å²) in [6.07, 6.45) is 15.3. The van der Waals surface area contributed by atoms with Gasteiger partial charge in [-0.2, -0.15) is 7.14 Å². The van der Waals surface area contributed by atoms with E-state index in [4.69, 9.17) is 7.57 Å². The first-order chi connectivity index (χ1) is 6.21. The standard InChI is InChI=1S/C11H13BP/c1-13(12,10-6-2-3-7-10)11-8-4-5-9-11/h2,4,6-9H,3,5H2,1H3. The Balaban J connectivity index is 2.29. The Morgan fingerprint density at radius 1 is 1.08 bits per heavy atom. The molecule has 13 heavy (non-hydrogen) atoms. The van der Waals surface area contributed by atoms with Crippen LogP contribution >= 0.6 is 7.14 Å². The Hall–Kier alpha value is -0.545. The molecule has 0 spiro atoms. The van der Waals surface area contributed by atoms with E-state index in [-0.39, 0.29) is 0 Å². The van der Waals surface area contributed by atoms with Crippen molar-refractivity contribution >= 4 is 14.7 Å². The second-order valence-electron chi connectivity index (χ2n) is 3.61. The molecular weight excluding hydrogens is 174 g/mol. The third-order valence-corrected chi connectivity index (χ3v) is 5.38. The monoisotopic (exact) mass is 187 g/mol. The van der Waals surface area contributed by atoms with Gasteiger partial charge in [0.2, 0.25) is 0 Å². The predicted octanol–water partition coefficient (Wildman–Crippen LogP) is 3.40. The summed E-state index contributed by atoms with van der Waals surface area (Å²) in [5.74, 6) is 0. The highest BCUT2D eigenvalue weighted by Crippen LogP contribution is 2.67. The number of rotatable bonds is 2. The summed E-state index contributed by atoms with van der Waals surface area (Å²) >= 11 is 0. The van der Waals surface area contributed by atoms with E-state index in [0.717, 1.165) is 12.8 Å². The van der Waals surface area contributed by atoms with Crippen molar-refractivity contribution in [2.45, 2.75) is 12.8 Å². The van der Waals surface area contributed by atoms with Gasteiger partial charge >= 0.3 is 0 Å². The molecule has 0 saturated carbocycles. The normalized spacial score (nSPS) is 20.8. The number of allylic oxidation sites excluding steroid dienone is 8. The average molecular weight is 187 g/mol. The Kier molecular flexibility index (Phi) is 2.30. The van der Waals surface area contributed by atoms with Crippen LogP contribution in [0.1, 0.15) is 12.8 Å². The molecule has 65 valence electrons. The summed E-state index contributed by atoms with van der Waals surface area (Å²) in [6.45, 7) is 2.19. The van der Waals surface area contributed by atoms with Gasteiger partial charge in [-0.1, -0.05) is 12.2 Å². The molecule has 2 aliphatic carbocycles. The molecule has 0 nitrogen and oxygen atoms in total. The van der Waals surface area contributed by atoms with Gasteiger partial charge in [0, 0.05) is 17.3 Å². The molecule has 2 aliphatic rings. The van der Waals surface area contributed by atoms with Gasteiger partial charge in [-0.05, 0) is 37.1 Å². The van der Waals surface area contributed by atoms with Crippen LogP contribution in [0.4, 0.5) is 0 Å². The van der Waals surface area contributed by atoms with Gasteiger partial charge in [-0.25, -0.2) is 0 Å². The molecule has 2 rings (SSSR count). The number of hydrogen-bond donors (Lipinski definition) is 0. The molecule has 0 N–H and O–H groups in total. The topological polar surface area (TPSA) is 0 Å². The third kappa shape index (κ3) is 1.58. The molecule has 0 aliphatic heterocycles. The molecule has 0 saturated heterocycles. The molecule has 0 atom stereocenters. The predicted molar refractivity (Wildman–Crippen MR) is 62.3 cm³/mol. The number of hydrogen-bond acceptors (Lipinski definition) is 0. The van der Waals surface area contributed by atoms with Crippen molar-refractivity contribution in [1.82, 2.24) is 0 Å². The summed E-state index contributed by atoms with van der Waals surface area (Å²) in [4.78, 5) is 0. The fraction of sp³-hybridized carbons (Fsp3) is 0.273. The summed E-state index contributed by atoms with van der Waals surface area (Å²) in [6, 6.07) is 0. The summed E-state index contributed by atoms with van der Waals surface area (Å²) in [7, 11) is 4.91. The molecule has 0 aromatic carbocycles. The van der Waals surface area contributed by atoms with Gasteiger partial charge in [-0.3, -0.25) is 7.57 Å². The summed E-state index contributed by atoms with van der Waals surface area (Å²) in [5, 5.41) is 2.70. The lowest BCUT2D eigenvalue weighted by Crippen LogP contribution is -1.93. The fourth-order valence-electron chi connectivity index (χ4n) is 1.73. The van der Waals surface area contributed by atoms with Crippen molar-refractivity contribution in [3.8, 4) is 0 Å². The van der Waals surface area contributed by atoms with Crippen molar-refractivity contribution in [2.24, 2.45) is 0 Å². The van der Waals surface area contributed by atoms with Crippen LogP contribution < -0.4 is 0 Å². The molecule has 0 fully saturated rings. The largest absolute Gasteiger partial charge is 0.292 e. The van der Waals surface area contributed by atoms with Crippen LogP contribution in [0.25, 0.3) is 0 Å². The van der Waals surface area contributed by atoms with Gasteiger partial charge in [0.05, 0.1) is 0 Å². The van der Waals surface area contributed by atoms with E-state index in [2.05, 4.69) is 43.1 Å². The average Bonchev–Trinajstić information content (AvgIpc) is 2.78. The molecule has 3 radical (unpaired) electrons. The zero-order chi connectivity index (χ0) is 9.31. The molecule has 0 heterocycles. The van der Waals surface area contributed by atoms with Gasteiger partial charge in [0.1, 0.15) is 0 Å². The highest BCUT2D eigenvalue weighted by Gasteiger charge is 2.22. The smallest absolute Gasteiger partial charge is 0.0424 e. The SMILES string of the molecule is [B-][P+](C)(C1=CCC=C1)C1=CCC=C1. The molecular formula is C11H13BP. The van der Waals surface area contributed by atoms with E-state index >= 15 is 0 Å². The first-order valence-electron chi connectivity index (χ1n) is 4.61. The van der Waals surface area contributed by atoms with E-state index in [0.29, 0.717) is 0 Å². The Morgan fingerprint density at radius 3 is 1.85 bits per heavy atom. The molecule has 0 amide bonds. The van der Waals surface area contributed by atoms with E-state index in [1.54, 1.807) is 0 Å². The van der Waals surface area contributed by atoms with Crippen molar-refractivity contribution in [1.29, 1.82) is 0 Å². The highest BCUT2D eigenvalue weighted by atomic mass is 31.2. The second kappa shape index (κ2) is 3.31. The summed E-state index contributed by atoms with van der Waals surface area (Å²) < 4.78 is 0. The quantitative estimate of drug-likeness (QED) is 0.459. The zero-order valence-corrected chi connectivity index (χ0v) is 8.80. The van der Waals surface area contributed by atoms with Crippen LogP contribution in [0.15, 0.2) is 47.1 Å². The van der Waals surface area contributed by atoms with Crippen LogP contribution in [0.2, 0.25) is 0 Å². The minimum absolute atomic E-state index is 1.05. The van der Waals surface area contributed by atoms with Crippen LogP contribution in [-0.4, -0.2) is 14.2 Å². The van der Waals surface area contributed by atoms with Crippen LogP contribution in [-0.2, 0) is 0 Å². The van der Waals surface area contributed by atoms with Crippen molar-refractivity contribution in [3.63, 3.8) is 0 Å². The van der Waals surface area contributed by atoms with Gasteiger partial charge in [-0.15, -0.1) is 0 Å². The second-order valence-corrected chi connectivity index (χ2v) is 6.79. The third-order valence-electron chi connectivity index (χ3n) is 2.58. The van der Waals surface area contributed by atoms with Crippen LogP contribution in [0.3, 0.4) is 0 Å². The molecule has 0 aromatic heterocycles. The Labute approximate surface area is 81.8 Å². The molecule has 0 aromatic rings. The van der Waals surface area contributed by atoms with Gasteiger partial charge in [0.25, 0.3) is 0 Å². The highest BCUT2D eigenvalue weighted by molar-refractivity contribution is 8.03. The lowest BCUT2D eigenvalue weighted by Gasteiger charge is -2.32. The van der Waals surface area contributed by atoms with E-state index in [1.807, 2.05) is 0 Å². The molecule has 0 unspecified atom stereocenters. The Bertz CT molecular complexity index is 300. The maximum Gasteiger partial charge on any atom is 0.0424 e. The Morgan fingerprint density at radius 2 is 1.54 bits per heavy atom. The lowest BCUT2D eigenvalue weighted by atomic mass is 10.5. The van der Waals surface area contributed by atoms with Crippen LogP contribution in [0, 0.1) is 0 Å². The molecule has 0 bridgehead atoms. The maximum absolute atomic E-state index is 6.40. The van der Waals surface area contributed by atoms with E-state index in [9.17, 15) is 0 Å². The lowest BCUT2D eigenvalue weighted by molar-refractivity contribution is 1.44. The van der Waals surface area contributed by atoms with E-state index in [1.165, 1.54) is 10.6 Å². The zero-order valence-electron chi connectivity index (χ0n) is 7.90. The van der Waals surface area contributed by atoms with E-state index < -0.39 is 7.14 Å². The maximum atomic E-state index is 6.40. The fourth-order valence-corrected chi connectivity index (χ4v) is 3.83. The minimum atomic E-state index is -1.49. The van der Waals surface area contributed by atoms with Gasteiger partial charge in [0.15, 0.2) is 0 Å². The van der Waals surface area contributed by atoms with Crippen molar-refractivity contribution in [2.75, 3.05) is 6.66 Å². The van der Waals surface area contributed by atoms with Crippen molar-refractivity contribution < 1.29 is 0 Å². The van der Waals surface area contributed by atoms with Crippen LogP contribution in [0.5, 0.6) is 0 Å². The minimum Gasteiger partial charge on any atom is -0.292 e. The van der Waals surface area contributed by atoms with Gasteiger partial charge < -0.3 is 0 Å². The summed E-state index contributed by atoms with van der Waals surface area (Å²) in [5.41, 5.74) is 0.